The Balaban J connectivity index is 2.40. The molecule has 0 aliphatic heterocycles. The van der Waals surface area contributed by atoms with Crippen molar-refractivity contribution in [1.82, 2.24) is 5.32 Å². The average Bonchev–Trinajstić information content (AvgIpc) is 2.27. The van der Waals surface area contributed by atoms with E-state index in [1.54, 1.807) is 23.5 Å². The summed E-state index contributed by atoms with van der Waals surface area (Å²) in [5, 5.41) is 4.94. The fourth-order valence-corrected chi connectivity index (χ4v) is 1.55. The molecule has 0 aliphatic carbocycles. The molecule has 0 spiro atoms. The van der Waals surface area contributed by atoms with E-state index in [9.17, 15) is 18.0 Å². The first-order chi connectivity index (χ1) is 8.28. The van der Waals surface area contributed by atoms with Gasteiger partial charge in [-0.25, -0.2) is 0 Å². The first-order valence-electron chi connectivity index (χ1n) is 4.80. The van der Waals surface area contributed by atoms with Crippen LogP contribution in [-0.4, -0.2) is 25.2 Å². The molecule has 1 aromatic carbocycles. The van der Waals surface area contributed by atoms with Gasteiger partial charge < -0.3 is 10.6 Å². The average molecular weight is 346 g/mol. The fourth-order valence-electron chi connectivity index (χ4n) is 1.05. The number of rotatable bonds is 4. The smallest absolute Gasteiger partial charge is 0.376 e. The van der Waals surface area contributed by atoms with E-state index in [1.165, 1.54) is 0 Å². The third kappa shape index (κ3) is 5.59. The van der Waals surface area contributed by atoms with Gasteiger partial charge in [-0.1, -0.05) is 11.6 Å². The highest BCUT2D eigenvalue weighted by molar-refractivity contribution is 9.10. The highest BCUT2D eigenvalue weighted by Crippen LogP contribution is 2.25. The molecule has 0 saturated carbocycles. The van der Waals surface area contributed by atoms with E-state index in [-0.39, 0.29) is 6.54 Å². The van der Waals surface area contributed by atoms with Crippen LogP contribution in [0.15, 0.2) is 22.7 Å². The van der Waals surface area contributed by atoms with Gasteiger partial charge in [-0.15, -0.1) is 0 Å². The molecule has 0 heterocycles. The molecule has 0 fully saturated rings. The van der Waals surface area contributed by atoms with Crippen molar-refractivity contribution in [1.29, 1.82) is 0 Å². The standard InChI is InChI=1S/C10H9BrClF3N2O/c11-7-3-6(1-2-8(7)12)16-4-9(18)17-5-10(13,14)15/h1-3,16H,4-5H2,(H,17,18). The van der Waals surface area contributed by atoms with E-state index in [2.05, 4.69) is 21.2 Å². The number of hydrogen-bond donors (Lipinski definition) is 2. The normalized spacial score (nSPS) is 11.2. The van der Waals surface area contributed by atoms with Gasteiger partial charge in [0.2, 0.25) is 5.91 Å². The Morgan fingerprint density at radius 2 is 2.06 bits per heavy atom. The largest absolute Gasteiger partial charge is 0.405 e. The van der Waals surface area contributed by atoms with Crippen LogP contribution in [0.4, 0.5) is 18.9 Å². The van der Waals surface area contributed by atoms with Crippen molar-refractivity contribution in [3.63, 3.8) is 0 Å². The summed E-state index contributed by atoms with van der Waals surface area (Å²) in [4.78, 5) is 11.1. The second-order valence-electron chi connectivity index (χ2n) is 3.37. The third-order valence-corrected chi connectivity index (χ3v) is 3.07. The van der Waals surface area contributed by atoms with E-state index in [1.807, 2.05) is 0 Å². The number of benzene rings is 1. The Hall–Kier alpha value is -0.950. The molecule has 2 N–H and O–H groups in total. The summed E-state index contributed by atoms with van der Waals surface area (Å²) >= 11 is 8.95. The number of nitrogens with one attached hydrogen (secondary N) is 2. The highest BCUT2D eigenvalue weighted by Gasteiger charge is 2.27. The molecule has 0 bridgehead atoms. The summed E-state index contributed by atoms with van der Waals surface area (Å²) in [6.07, 6.45) is -4.40. The van der Waals surface area contributed by atoms with Gasteiger partial charge in [-0.05, 0) is 34.1 Å². The van der Waals surface area contributed by atoms with E-state index >= 15 is 0 Å². The van der Waals surface area contributed by atoms with Gasteiger partial charge in [0.1, 0.15) is 6.54 Å². The van der Waals surface area contributed by atoms with Crippen LogP contribution in [0.2, 0.25) is 5.02 Å². The van der Waals surface area contributed by atoms with Crippen LogP contribution in [-0.2, 0) is 4.79 Å². The Morgan fingerprint density at radius 3 is 2.61 bits per heavy atom. The quantitative estimate of drug-likeness (QED) is 0.880. The van der Waals surface area contributed by atoms with Crippen LogP contribution in [0.1, 0.15) is 0 Å². The zero-order chi connectivity index (χ0) is 13.8. The topological polar surface area (TPSA) is 41.1 Å². The molecule has 0 aliphatic rings. The van der Waals surface area contributed by atoms with Gasteiger partial charge in [0.15, 0.2) is 0 Å². The van der Waals surface area contributed by atoms with Crippen molar-refractivity contribution in [3.8, 4) is 0 Å². The zero-order valence-electron chi connectivity index (χ0n) is 8.94. The molecular formula is C10H9BrClF3N2O. The van der Waals surface area contributed by atoms with Crippen LogP contribution >= 0.6 is 27.5 Å². The first-order valence-corrected chi connectivity index (χ1v) is 5.97. The number of amides is 1. The van der Waals surface area contributed by atoms with E-state index in [0.717, 1.165) is 0 Å². The van der Waals surface area contributed by atoms with Gasteiger partial charge in [0.05, 0.1) is 11.6 Å². The minimum Gasteiger partial charge on any atom is -0.376 e. The molecule has 1 amide bonds. The molecule has 1 rings (SSSR count). The molecule has 3 nitrogen and oxygen atoms in total. The molecule has 100 valence electrons. The van der Waals surface area contributed by atoms with Crippen LogP contribution in [0, 0.1) is 0 Å². The molecule has 0 radical (unpaired) electrons. The summed E-state index contributed by atoms with van der Waals surface area (Å²) in [6.45, 7) is -1.58. The molecule has 1 aromatic rings. The third-order valence-electron chi connectivity index (χ3n) is 1.86. The van der Waals surface area contributed by atoms with Crippen molar-refractivity contribution >= 4 is 39.1 Å². The summed E-state index contributed by atoms with van der Waals surface area (Å²) < 4.78 is 36.1. The van der Waals surface area contributed by atoms with E-state index in [0.29, 0.717) is 15.2 Å². The number of halogens is 5. The zero-order valence-corrected chi connectivity index (χ0v) is 11.3. The number of carbonyl (C=O) groups excluding carboxylic acids is 1. The predicted molar refractivity (Wildman–Crippen MR) is 66.7 cm³/mol. The summed E-state index contributed by atoms with van der Waals surface area (Å²) in [7, 11) is 0. The molecule has 0 aromatic heterocycles. The summed E-state index contributed by atoms with van der Waals surface area (Å²) in [5.41, 5.74) is 0.577. The van der Waals surface area contributed by atoms with Crippen LogP contribution in [0.5, 0.6) is 0 Å². The van der Waals surface area contributed by atoms with Gasteiger partial charge in [-0.3, -0.25) is 4.79 Å². The lowest BCUT2D eigenvalue weighted by atomic mass is 10.3. The van der Waals surface area contributed by atoms with Gasteiger partial charge in [0.25, 0.3) is 0 Å². The lowest BCUT2D eigenvalue weighted by Gasteiger charge is -2.10. The molecular weight excluding hydrogens is 336 g/mol. The maximum absolute atomic E-state index is 11.8. The van der Waals surface area contributed by atoms with Crippen molar-refractivity contribution in [2.45, 2.75) is 6.18 Å². The van der Waals surface area contributed by atoms with Crippen molar-refractivity contribution in [2.75, 3.05) is 18.4 Å². The van der Waals surface area contributed by atoms with Gasteiger partial charge in [-0.2, -0.15) is 13.2 Å². The second kappa shape index (κ2) is 6.29. The molecule has 0 unspecified atom stereocenters. The van der Waals surface area contributed by atoms with E-state index in [4.69, 9.17) is 11.6 Å². The number of hydrogen-bond acceptors (Lipinski definition) is 2. The Bertz CT molecular complexity index is 440. The van der Waals surface area contributed by atoms with Crippen LogP contribution in [0.3, 0.4) is 0 Å². The Kier molecular flexibility index (Phi) is 5.28. The van der Waals surface area contributed by atoms with Crippen LogP contribution < -0.4 is 10.6 Å². The lowest BCUT2D eigenvalue weighted by Crippen LogP contribution is -2.37. The molecule has 8 heteroatoms. The second-order valence-corrected chi connectivity index (χ2v) is 4.64. The van der Waals surface area contributed by atoms with Crippen molar-refractivity contribution < 1.29 is 18.0 Å². The number of carbonyl (C=O) groups is 1. The number of alkyl halides is 3. The Morgan fingerprint density at radius 1 is 1.39 bits per heavy atom. The number of anilines is 1. The summed E-state index contributed by atoms with van der Waals surface area (Å²) in [5.74, 6) is -0.738. The van der Waals surface area contributed by atoms with E-state index < -0.39 is 18.6 Å². The molecule has 0 atom stereocenters. The van der Waals surface area contributed by atoms with Crippen LogP contribution in [0.25, 0.3) is 0 Å². The predicted octanol–water partition coefficient (Wildman–Crippen LogP) is 3.19. The minimum absolute atomic E-state index is 0.246. The summed E-state index contributed by atoms with van der Waals surface area (Å²) in [6, 6.07) is 4.84. The van der Waals surface area contributed by atoms with Crippen molar-refractivity contribution in [2.24, 2.45) is 0 Å². The maximum atomic E-state index is 11.8. The molecule has 18 heavy (non-hydrogen) atoms. The maximum Gasteiger partial charge on any atom is 0.405 e. The highest BCUT2D eigenvalue weighted by atomic mass is 79.9. The monoisotopic (exact) mass is 344 g/mol. The lowest BCUT2D eigenvalue weighted by molar-refractivity contribution is -0.137. The van der Waals surface area contributed by atoms with Gasteiger partial charge >= 0.3 is 6.18 Å². The van der Waals surface area contributed by atoms with Gasteiger partial charge in [0, 0.05) is 10.2 Å². The first kappa shape index (κ1) is 15.1. The van der Waals surface area contributed by atoms with Crippen molar-refractivity contribution in [3.05, 3.63) is 27.7 Å². The SMILES string of the molecule is O=C(CNc1ccc(Cl)c(Br)c1)NCC(F)(F)F. The molecule has 0 saturated heterocycles. The minimum atomic E-state index is -4.40. The fraction of sp³-hybridized carbons (Fsp3) is 0.300. The Labute approximate surface area is 115 Å².